The van der Waals surface area contributed by atoms with E-state index in [0.717, 1.165) is 12.3 Å². The van der Waals surface area contributed by atoms with Crippen LogP contribution in [0.1, 0.15) is 32.6 Å². The number of amides is 1. The van der Waals surface area contributed by atoms with Crippen molar-refractivity contribution in [2.24, 2.45) is 5.73 Å². The van der Waals surface area contributed by atoms with E-state index < -0.39 is 26.7 Å². The predicted molar refractivity (Wildman–Crippen MR) is 81.5 cm³/mol. The standard InChI is InChI=1S/C14H21F3N2O3Si/c1-13(2,3)23(4,5)22-11(14(15,16)17)10-7-6-9(8-19-10)21-12(18)20/h6-8,11H,1-5H3,(H2,18,20). The molecule has 0 aromatic carbocycles. The third-order valence-electron chi connectivity index (χ3n) is 3.76. The van der Waals surface area contributed by atoms with Gasteiger partial charge < -0.3 is 14.9 Å². The topological polar surface area (TPSA) is 74.4 Å². The highest BCUT2D eigenvalue weighted by atomic mass is 28.4. The summed E-state index contributed by atoms with van der Waals surface area (Å²) in [5.74, 6) is -0.0329. The molecule has 0 aliphatic rings. The van der Waals surface area contributed by atoms with Crippen LogP contribution in [0.25, 0.3) is 0 Å². The van der Waals surface area contributed by atoms with E-state index in [4.69, 9.17) is 10.2 Å². The van der Waals surface area contributed by atoms with E-state index in [-0.39, 0.29) is 16.5 Å². The number of aromatic nitrogens is 1. The van der Waals surface area contributed by atoms with Crippen LogP contribution < -0.4 is 10.5 Å². The summed E-state index contributed by atoms with van der Waals surface area (Å²) in [4.78, 5) is 14.3. The highest BCUT2D eigenvalue weighted by molar-refractivity contribution is 6.74. The maximum atomic E-state index is 13.4. The summed E-state index contributed by atoms with van der Waals surface area (Å²) in [6.45, 7) is 9.02. The second kappa shape index (κ2) is 6.48. The van der Waals surface area contributed by atoms with E-state index >= 15 is 0 Å². The highest BCUT2D eigenvalue weighted by Gasteiger charge is 2.49. The van der Waals surface area contributed by atoms with Gasteiger partial charge in [-0.15, -0.1) is 0 Å². The average molecular weight is 350 g/mol. The number of nitrogens with zero attached hydrogens (tertiary/aromatic N) is 1. The molecule has 0 spiro atoms. The van der Waals surface area contributed by atoms with E-state index in [9.17, 15) is 18.0 Å². The summed E-state index contributed by atoms with van der Waals surface area (Å²) in [5.41, 5.74) is 4.54. The summed E-state index contributed by atoms with van der Waals surface area (Å²) < 4.78 is 50.2. The molecule has 0 fully saturated rings. The molecule has 0 bridgehead atoms. The number of primary amides is 1. The van der Waals surface area contributed by atoms with Gasteiger partial charge in [-0.25, -0.2) is 4.79 Å². The second-order valence-electron chi connectivity index (χ2n) is 6.64. The lowest BCUT2D eigenvalue weighted by Crippen LogP contribution is -2.44. The lowest BCUT2D eigenvalue weighted by atomic mass is 10.2. The Bertz CT molecular complexity index is 554. The van der Waals surface area contributed by atoms with Gasteiger partial charge in [0.2, 0.25) is 0 Å². The molecule has 1 rings (SSSR count). The number of pyridine rings is 1. The summed E-state index contributed by atoms with van der Waals surface area (Å²) in [7, 11) is -2.67. The van der Waals surface area contributed by atoms with Crippen molar-refractivity contribution in [3.05, 3.63) is 24.0 Å². The lowest BCUT2D eigenvalue weighted by Gasteiger charge is -2.39. The van der Waals surface area contributed by atoms with Gasteiger partial charge in [-0.05, 0) is 30.3 Å². The van der Waals surface area contributed by atoms with Crippen LogP contribution in [0.4, 0.5) is 18.0 Å². The van der Waals surface area contributed by atoms with Crippen LogP contribution in [-0.4, -0.2) is 25.6 Å². The highest BCUT2D eigenvalue weighted by Crippen LogP contribution is 2.44. The van der Waals surface area contributed by atoms with Gasteiger partial charge in [0.25, 0.3) is 0 Å². The van der Waals surface area contributed by atoms with Gasteiger partial charge in [0.05, 0.1) is 11.9 Å². The van der Waals surface area contributed by atoms with Gasteiger partial charge >= 0.3 is 12.3 Å². The monoisotopic (exact) mass is 350 g/mol. The molecule has 1 aromatic rings. The van der Waals surface area contributed by atoms with Gasteiger partial charge in [0.15, 0.2) is 20.2 Å². The van der Waals surface area contributed by atoms with Crippen LogP contribution in [0.2, 0.25) is 18.1 Å². The molecule has 1 unspecified atom stereocenters. The Kier molecular flexibility index (Phi) is 5.48. The second-order valence-corrected chi connectivity index (χ2v) is 11.4. The first-order valence-corrected chi connectivity index (χ1v) is 9.82. The van der Waals surface area contributed by atoms with Gasteiger partial charge in [-0.3, -0.25) is 4.98 Å². The average Bonchev–Trinajstić information content (AvgIpc) is 2.34. The number of alkyl halides is 3. The van der Waals surface area contributed by atoms with Crippen LogP contribution in [0.15, 0.2) is 18.3 Å². The lowest BCUT2D eigenvalue weighted by molar-refractivity contribution is -0.202. The Hall–Kier alpha value is -1.61. The van der Waals surface area contributed by atoms with Crippen molar-refractivity contribution in [3.8, 4) is 5.75 Å². The molecule has 1 aromatic heterocycles. The van der Waals surface area contributed by atoms with Gasteiger partial charge in [-0.2, -0.15) is 13.2 Å². The zero-order valence-electron chi connectivity index (χ0n) is 13.7. The number of carbonyl (C=O) groups excluding carboxylic acids is 1. The third kappa shape index (κ3) is 5.21. The summed E-state index contributed by atoms with van der Waals surface area (Å²) in [5, 5.41) is -0.383. The van der Waals surface area contributed by atoms with Crippen LogP contribution in [-0.2, 0) is 4.43 Å². The van der Waals surface area contributed by atoms with E-state index in [1.807, 2.05) is 20.8 Å². The van der Waals surface area contributed by atoms with Gasteiger partial charge in [0.1, 0.15) is 0 Å². The first-order valence-electron chi connectivity index (χ1n) is 6.92. The first-order chi connectivity index (χ1) is 10.2. The Balaban J connectivity index is 3.11. The van der Waals surface area contributed by atoms with Crippen molar-refractivity contribution >= 4 is 14.4 Å². The molecule has 0 aliphatic heterocycles. The number of hydrogen-bond acceptors (Lipinski definition) is 4. The summed E-state index contributed by atoms with van der Waals surface area (Å²) >= 11 is 0. The van der Waals surface area contributed by atoms with Crippen molar-refractivity contribution in [2.75, 3.05) is 0 Å². The molecule has 130 valence electrons. The fourth-order valence-electron chi connectivity index (χ4n) is 1.49. The fourth-order valence-corrected chi connectivity index (χ4v) is 2.69. The zero-order chi connectivity index (χ0) is 18.1. The van der Waals surface area contributed by atoms with Crippen molar-refractivity contribution in [2.45, 2.75) is 51.2 Å². The number of rotatable bonds is 4. The van der Waals surface area contributed by atoms with Gasteiger partial charge in [0, 0.05) is 0 Å². The van der Waals surface area contributed by atoms with Crippen molar-refractivity contribution in [1.29, 1.82) is 0 Å². The minimum absolute atomic E-state index is 0.0329. The van der Waals surface area contributed by atoms with E-state index in [0.29, 0.717) is 0 Å². The molecule has 5 nitrogen and oxygen atoms in total. The Morgan fingerprint density at radius 3 is 2.17 bits per heavy atom. The molecule has 0 radical (unpaired) electrons. The molecular weight excluding hydrogens is 329 g/mol. The molecule has 0 saturated heterocycles. The molecule has 9 heteroatoms. The maximum Gasteiger partial charge on any atom is 0.419 e. The molecule has 0 saturated carbocycles. The maximum absolute atomic E-state index is 13.4. The molecule has 1 amide bonds. The van der Waals surface area contributed by atoms with E-state index in [2.05, 4.69) is 9.72 Å². The number of nitrogens with two attached hydrogens (primary N) is 1. The van der Waals surface area contributed by atoms with Crippen molar-refractivity contribution in [3.63, 3.8) is 0 Å². The largest absolute Gasteiger partial charge is 0.419 e. The third-order valence-corrected chi connectivity index (χ3v) is 8.20. The number of ether oxygens (including phenoxy) is 1. The number of carbonyl (C=O) groups is 1. The Morgan fingerprint density at radius 1 is 1.26 bits per heavy atom. The van der Waals surface area contributed by atoms with Crippen LogP contribution in [0.5, 0.6) is 5.75 Å². The predicted octanol–water partition coefficient (Wildman–Crippen LogP) is 4.16. The first kappa shape index (κ1) is 19.4. The Labute approximate surface area is 134 Å². The van der Waals surface area contributed by atoms with Crippen molar-refractivity contribution in [1.82, 2.24) is 4.98 Å². The fraction of sp³-hybridized carbons (Fsp3) is 0.571. The van der Waals surface area contributed by atoms with Crippen LogP contribution in [0, 0.1) is 0 Å². The molecule has 0 aliphatic carbocycles. The number of halogens is 3. The SMILES string of the molecule is CC(C)(C)[Si](C)(C)OC(c1ccc(OC(N)=O)cn1)C(F)(F)F. The smallest absolute Gasteiger partial charge is 0.409 e. The quantitative estimate of drug-likeness (QED) is 0.827. The molecule has 23 heavy (non-hydrogen) atoms. The van der Waals surface area contributed by atoms with Crippen molar-refractivity contribution < 1.29 is 27.1 Å². The minimum atomic E-state index is -4.60. The summed E-state index contributed by atoms with van der Waals surface area (Å²) in [6.07, 6.45) is -6.79. The minimum Gasteiger partial charge on any atom is -0.409 e. The molecule has 1 heterocycles. The normalized spacial score (nSPS) is 14.4. The Morgan fingerprint density at radius 2 is 1.83 bits per heavy atom. The molecular formula is C14H21F3N2O3Si. The molecule has 1 atom stereocenters. The van der Waals surface area contributed by atoms with Gasteiger partial charge in [-0.1, -0.05) is 20.8 Å². The van der Waals surface area contributed by atoms with Crippen LogP contribution in [0.3, 0.4) is 0 Å². The molecule has 2 N–H and O–H groups in total. The van der Waals surface area contributed by atoms with E-state index in [1.165, 1.54) is 6.07 Å². The number of hydrogen-bond donors (Lipinski definition) is 1. The zero-order valence-corrected chi connectivity index (χ0v) is 14.7. The van der Waals surface area contributed by atoms with Crippen LogP contribution >= 0.6 is 0 Å². The summed E-state index contributed by atoms with van der Waals surface area (Å²) in [6, 6.07) is 2.31. The van der Waals surface area contributed by atoms with E-state index in [1.54, 1.807) is 13.1 Å².